The van der Waals surface area contributed by atoms with Crippen LogP contribution < -0.4 is 10.6 Å². The van der Waals surface area contributed by atoms with E-state index in [4.69, 9.17) is 4.74 Å². The lowest BCUT2D eigenvalue weighted by atomic mass is 9.96. The molecule has 20 heavy (non-hydrogen) atoms. The Kier molecular flexibility index (Phi) is 6.10. The molecule has 2 rings (SSSR count). The Hall–Kier alpha value is -0.810. The second-order valence-corrected chi connectivity index (χ2v) is 6.02. The average Bonchev–Trinajstić information content (AvgIpc) is 3.06. The van der Waals surface area contributed by atoms with Crippen LogP contribution in [-0.4, -0.2) is 62.8 Å². The van der Waals surface area contributed by atoms with Crippen LogP contribution in [0.1, 0.15) is 39.0 Å². The molecule has 0 aromatic carbocycles. The van der Waals surface area contributed by atoms with E-state index in [1.165, 1.54) is 32.2 Å². The molecule has 2 heterocycles. The molecule has 5 heteroatoms. The van der Waals surface area contributed by atoms with Crippen LogP contribution in [0.5, 0.6) is 0 Å². The number of unbranched alkanes of at least 4 members (excludes halogenated alkanes) is 1. The minimum Gasteiger partial charge on any atom is -0.373 e. The smallest absolute Gasteiger partial charge is 0.191 e. The molecular weight excluding hydrogens is 252 g/mol. The molecule has 3 atom stereocenters. The number of nitrogens with one attached hydrogen (secondary N) is 2. The number of hydrogen-bond donors (Lipinski definition) is 2. The number of hydrogen-bond acceptors (Lipinski definition) is 3. The van der Waals surface area contributed by atoms with Gasteiger partial charge in [-0.15, -0.1) is 0 Å². The van der Waals surface area contributed by atoms with Gasteiger partial charge >= 0.3 is 0 Å². The number of likely N-dealkylation sites (N-methyl/N-ethyl adjacent to an activating group) is 1. The molecule has 0 spiro atoms. The average molecular weight is 282 g/mol. The van der Waals surface area contributed by atoms with Gasteiger partial charge in [0, 0.05) is 20.1 Å². The van der Waals surface area contributed by atoms with Crippen LogP contribution in [0.3, 0.4) is 0 Å². The maximum Gasteiger partial charge on any atom is 0.191 e. The summed E-state index contributed by atoms with van der Waals surface area (Å²) in [4.78, 5) is 6.68. The molecule has 2 aliphatic rings. The fraction of sp³-hybridized carbons (Fsp3) is 0.933. The lowest BCUT2D eigenvalue weighted by Crippen LogP contribution is -2.48. The van der Waals surface area contributed by atoms with Gasteiger partial charge in [0.2, 0.25) is 0 Å². The molecule has 2 aliphatic heterocycles. The first-order valence-electron chi connectivity index (χ1n) is 8.04. The van der Waals surface area contributed by atoms with Crippen molar-refractivity contribution in [2.45, 2.75) is 57.3 Å². The zero-order chi connectivity index (χ0) is 14.4. The van der Waals surface area contributed by atoms with E-state index in [-0.39, 0.29) is 0 Å². The molecule has 2 saturated heterocycles. The molecule has 0 aliphatic carbocycles. The van der Waals surface area contributed by atoms with Crippen molar-refractivity contribution < 1.29 is 4.74 Å². The van der Waals surface area contributed by atoms with Crippen molar-refractivity contribution in [2.24, 2.45) is 4.99 Å². The van der Waals surface area contributed by atoms with Crippen LogP contribution in [0, 0.1) is 0 Å². The van der Waals surface area contributed by atoms with Gasteiger partial charge in [0.05, 0.1) is 18.2 Å². The summed E-state index contributed by atoms with van der Waals surface area (Å²) in [6, 6.07) is 0.442. The van der Waals surface area contributed by atoms with E-state index in [0.29, 0.717) is 18.2 Å². The van der Waals surface area contributed by atoms with Crippen LogP contribution in [0.4, 0.5) is 0 Å². The van der Waals surface area contributed by atoms with E-state index in [1.807, 2.05) is 7.05 Å². The van der Waals surface area contributed by atoms with Crippen molar-refractivity contribution in [3.63, 3.8) is 0 Å². The first-order valence-corrected chi connectivity index (χ1v) is 8.04. The van der Waals surface area contributed by atoms with E-state index in [1.54, 1.807) is 0 Å². The molecule has 0 amide bonds. The fourth-order valence-corrected chi connectivity index (χ4v) is 3.06. The Labute approximate surface area is 123 Å². The van der Waals surface area contributed by atoms with Gasteiger partial charge in [0.25, 0.3) is 0 Å². The summed E-state index contributed by atoms with van der Waals surface area (Å²) in [7, 11) is 4.02. The van der Waals surface area contributed by atoms with E-state index in [0.717, 1.165) is 25.5 Å². The predicted octanol–water partition coefficient (Wildman–Crippen LogP) is 1.20. The van der Waals surface area contributed by atoms with Crippen LogP contribution in [0.2, 0.25) is 0 Å². The molecule has 0 aromatic heterocycles. The van der Waals surface area contributed by atoms with Gasteiger partial charge in [-0.2, -0.15) is 0 Å². The highest BCUT2D eigenvalue weighted by Crippen LogP contribution is 2.34. The van der Waals surface area contributed by atoms with Crippen LogP contribution in [0.25, 0.3) is 0 Å². The normalized spacial score (nSPS) is 29.2. The zero-order valence-corrected chi connectivity index (χ0v) is 13.2. The minimum atomic E-state index is 0.394. The highest BCUT2D eigenvalue weighted by Gasteiger charge is 2.41. The first kappa shape index (κ1) is 15.6. The lowest BCUT2D eigenvalue weighted by molar-refractivity contribution is 0.0992. The summed E-state index contributed by atoms with van der Waals surface area (Å²) in [5.74, 6) is 0.912. The van der Waals surface area contributed by atoms with Crippen molar-refractivity contribution in [1.29, 1.82) is 0 Å². The second-order valence-electron chi connectivity index (χ2n) is 6.02. The van der Waals surface area contributed by atoms with Crippen LogP contribution >= 0.6 is 0 Å². The maximum absolute atomic E-state index is 5.86. The Balaban J connectivity index is 1.63. The Morgan fingerprint density at radius 3 is 2.80 bits per heavy atom. The van der Waals surface area contributed by atoms with Crippen molar-refractivity contribution in [2.75, 3.05) is 33.7 Å². The molecule has 0 radical (unpaired) electrons. The largest absolute Gasteiger partial charge is 0.373 e. The zero-order valence-electron chi connectivity index (χ0n) is 13.2. The molecule has 5 nitrogen and oxygen atoms in total. The second kappa shape index (κ2) is 7.84. The quantitative estimate of drug-likeness (QED) is 0.544. The summed E-state index contributed by atoms with van der Waals surface area (Å²) in [6.07, 6.45) is 6.95. The molecule has 2 fully saturated rings. The van der Waals surface area contributed by atoms with Crippen LogP contribution in [0.15, 0.2) is 4.99 Å². The summed E-state index contributed by atoms with van der Waals surface area (Å²) >= 11 is 0. The first-order chi connectivity index (χ1) is 9.72. The summed E-state index contributed by atoms with van der Waals surface area (Å²) in [5.41, 5.74) is 0. The summed E-state index contributed by atoms with van der Waals surface area (Å²) < 4.78 is 5.86. The van der Waals surface area contributed by atoms with Gasteiger partial charge in [0.15, 0.2) is 5.96 Å². The van der Waals surface area contributed by atoms with E-state index in [2.05, 4.69) is 34.5 Å². The third-order valence-electron chi connectivity index (χ3n) is 4.33. The number of rotatable bonds is 7. The van der Waals surface area contributed by atoms with Crippen LogP contribution in [-0.2, 0) is 4.74 Å². The van der Waals surface area contributed by atoms with Gasteiger partial charge in [-0.05, 0) is 39.3 Å². The number of guanidine groups is 1. The molecule has 0 aromatic rings. The fourth-order valence-electron chi connectivity index (χ4n) is 3.06. The third kappa shape index (κ3) is 4.35. The number of aliphatic imine (C=N–C) groups is 1. The Morgan fingerprint density at radius 1 is 1.35 bits per heavy atom. The van der Waals surface area contributed by atoms with Gasteiger partial charge in [-0.25, -0.2) is 0 Å². The summed E-state index contributed by atoms with van der Waals surface area (Å²) in [5, 5.41) is 6.91. The maximum atomic E-state index is 5.86. The molecule has 2 N–H and O–H groups in total. The van der Waals surface area contributed by atoms with Crippen molar-refractivity contribution in [3.05, 3.63) is 0 Å². The lowest BCUT2D eigenvalue weighted by Gasteiger charge is -2.23. The van der Waals surface area contributed by atoms with E-state index in [9.17, 15) is 0 Å². The van der Waals surface area contributed by atoms with Crippen molar-refractivity contribution in [1.82, 2.24) is 15.5 Å². The highest BCUT2D eigenvalue weighted by molar-refractivity contribution is 5.80. The molecular formula is C15H30N4O. The summed E-state index contributed by atoms with van der Waals surface area (Å²) in [6.45, 7) is 5.38. The molecule has 2 bridgehead atoms. The molecule has 0 saturated carbocycles. The standard InChI is InChI=1S/C15H30N4O/c1-4-5-9-19(3)10-8-17-15(16-2)18-13-11-12-6-7-14(13)20-12/h12-14H,4-11H2,1-3H3,(H2,16,17,18). The number of ether oxygens (including phenoxy) is 1. The monoisotopic (exact) mass is 282 g/mol. The Morgan fingerprint density at radius 2 is 2.20 bits per heavy atom. The van der Waals surface area contributed by atoms with Crippen molar-refractivity contribution >= 4 is 5.96 Å². The van der Waals surface area contributed by atoms with Gasteiger partial charge in [0.1, 0.15) is 0 Å². The highest BCUT2D eigenvalue weighted by atomic mass is 16.5. The SMILES string of the molecule is CCCCN(C)CCNC(=NC)NC1CC2CCC1O2. The molecule has 3 unspecified atom stereocenters. The van der Waals surface area contributed by atoms with Crippen molar-refractivity contribution in [3.8, 4) is 0 Å². The molecule has 116 valence electrons. The number of nitrogens with zero attached hydrogens (tertiary/aromatic N) is 2. The van der Waals surface area contributed by atoms with Gasteiger partial charge in [-0.3, -0.25) is 4.99 Å². The minimum absolute atomic E-state index is 0.394. The van der Waals surface area contributed by atoms with E-state index < -0.39 is 0 Å². The number of fused-ring (bicyclic) bond motifs is 2. The van der Waals surface area contributed by atoms with Gasteiger partial charge < -0.3 is 20.3 Å². The van der Waals surface area contributed by atoms with Gasteiger partial charge in [-0.1, -0.05) is 13.3 Å². The predicted molar refractivity (Wildman–Crippen MR) is 83.2 cm³/mol. The van der Waals surface area contributed by atoms with E-state index >= 15 is 0 Å². The Bertz CT molecular complexity index is 321. The topological polar surface area (TPSA) is 48.9 Å². The third-order valence-corrected chi connectivity index (χ3v) is 4.33.